The molecule has 0 spiro atoms. The van der Waals surface area contributed by atoms with Gasteiger partial charge in [-0.1, -0.05) is 56.4 Å². The number of rotatable bonds is 8. The van der Waals surface area contributed by atoms with E-state index in [4.69, 9.17) is 4.42 Å². The number of carbonyl (C=O) groups is 1. The Kier molecular flexibility index (Phi) is 8.83. The molecule has 2 fully saturated rings. The molecule has 0 radical (unpaired) electrons. The second kappa shape index (κ2) is 12.0. The minimum Gasteiger partial charge on any atom is -0.432 e. The molecular weight excluding hydrogens is 587 g/mol. The van der Waals surface area contributed by atoms with E-state index in [0.717, 1.165) is 42.0 Å². The van der Waals surface area contributed by atoms with Crippen LogP contribution in [0.2, 0.25) is 0 Å². The van der Waals surface area contributed by atoms with E-state index in [1.165, 1.54) is 6.42 Å². The molecule has 9 nitrogen and oxygen atoms in total. The van der Waals surface area contributed by atoms with Crippen molar-refractivity contribution in [1.29, 1.82) is 0 Å². The lowest BCUT2D eigenvalue weighted by atomic mass is 9.85. The zero-order valence-electron chi connectivity index (χ0n) is 25.3. The molecule has 2 aromatic carbocycles. The van der Waals surface area contributed by atoms with Crippen LogP contribution in [0.3, 0.4) is 0 Å². The third-order valence-electron chi connectivity index (χ3n) is 8.39. The highest BCUT2D eigenvalue weighted by Gasteiger charge is 2.36. The first-order chi connectivity index (χ1) is 20.1. The molecule has 1 saturated heterocycles. The lowest BCUT2D eigenvalue weighted by Gasteiger charge is -2.31. The van der Waals surface area contributed by atoms with Gasteiger partial charge in [0, 0.05) is 17.6 Å². The number of nitrogens with zero attached hydrogens (tertiary/aromatic N) is 1. The van der Waals surface area contributed by atoms with E-state index in [1.807, 2.05) is 57.2 Å². The van der Waals surface area contributed by atoms with Crippen LogP contribution in [0.15, 0.2) is 45.7 Å². The molecule has 43 heavy (non-hydrogen) atoms. The summed E-state index contributed by atoms with van der Waals surface area (Å²) in [6, 6.07) is 11.3. The fraction of sp³-hybridized carbons (Fsp3) is 0.531. The topological polar surface area (TPSA) is 139 Å². The first-order valence-corrected chi connectivity index (χ1v) is 18.6. The Bertz CT molecular complexity index is 1700. The molecule has 1 atom stereocenters. The van der Waals surface area contributed by atoms with Crippen LogP contribution in [-0.4, -0.2) is 63.7 Å². The van der Waals surface area contributed by atoms with E-state index in [9.17, 15) is 22.5 Å². The predicted octanol–water partition coefficient (Wildman–Crippen LogP) is 4.67. The minimum atomic E-state index is -3.16. The van der Waals surface area contributed by atoms with Gasteiger partial charge in [-0.2, -0.15) is 0 Å². The molecule has 1 aliphatic carbocycles. The number of hydrogen-bond acceptors (Lipinski definition) is 7. The molecule has 3 N–H and O–H groups in total. The Morgan fingerprint density at radius 1 is 1.09 bits per heavy atom. The van der Waals surface area contributed by atoms with Gasteiger partial charge >= 0.3 is 5.91 Å². The van der Waals surface area contributed by atoms with Gasteiger partial charge in [0.05, 0.1) is 37.4 Å². The highest BCUT2D eigenvalue weighted by atomic mass is 32.2. The van der Waals surface area contributed by atoms with E-state index in [1.54, 1.807) is 0 Å². The van der Waals surface area contributed by atoms with Gasteiger partial charge in [-0.25, -0.2) is 22.3 Å². The molecule has 1 amide bonds. The SMILES string of the molecule is C=S(=O)(NC(C)(C)C)c1ccc(-c2oc(C(=O)NCC3(O)CCS(=O)(=O)CC3)nc2CC2CCCCC2)c2ccccc12. The van der Waals surface area contributed by atoms with E-state index in [-0.39, 0.29) is 36.8 Å². The third kappa shape index (κ3) is 7.50. The van der Waals surface area contributed by atoms with Gasteiger partial charge in [0.1, 0.15) is 0 Å². The van der Waals surface area contributed by atoms with Crippen molar-refractivity contribution in [2.45, 2.75) is 88.2 Å². The zero-order chi connectivity index (χ0) is 31.0. The van der Waals surface area contributed by atoms with Crippen molar-refractivity contribution < 1.29 is 26.9 Å². The molecule has 5 rings (SSSR count). The van der Waals surface area contributed by atoms with Crippen LogP contribution in [0.5, 0.6) is 0 Å². The maximum Gasteiger partial charge on any atom is 0.307 e. The van der Waals surface area contributed by atoms with Crippen molar-refractivity contribution in [2.75, 3.05) is 18.1 Å². The average Bonchev–Trinajstić information content (AvgIpc) is 3.36. The summed E-state index contributed by atoms with van der Waals surface area (Å²) in [7, 11) is -6.00. The lowest BCUT2D eigenvalue weighted by molar-refractivity contribution is 0.0291. The summed E-state index contributed by atoms with van der Waals surface area (Å²) in [6.07, 6.45) is 6.53. The molecule has 1 aromatic heterocycles. The van der Waals surface area contributed by atoms with Gasteiger partial charge < -0.3 is 14.8 Å². The third-order valence-corrected chi connectivity index (χ3v) is 12.0. The summed E-state index contributed by atoms with van der Waals surface area (Å²) in [5.74, 6) is 4.10. The number of nitrogens with one attached hydrogen (secondary N) is 2. The predicted molar refractivity (Wildman–Crippen MR) is 171 cm³/mol. The normalized spacial score (nSPS) is 20.5. The van der Waals surface area contributed by atoms with Crippen LogP contribution in [0.25, 0.3) is 22.1 Å². The Morgan fingerprint density at radius 3 is 2.40 bits per heavy atom. The summed E-state index contributed by atoms with van der Waals surface area (Å²) >= 11 is 0. The first kappa shape index (κ1) is 31.7. The number of aliphatic hydroxyl groups is 1. The van der Waals surface area contributed by atoms with Gasteiger partial charge in [0.25, 0.3) is 5.89 Å². The van der Waals surface area contributed by atoms with E-state index in [0.29, 0.717) is 28.7 Å². The molecular formula is C32H43N3O6S2. The number of fused-ring (bicyclic) bond motifs is 1. The number of hydrogen-bond donors (Lipinski definition) is 3. The fourth-order valence-electron chi connectivity index (χ4n) is 6.18. The Hall–Kier alpha value is -2.73. The summed E-state index contributed by atoms with van der Waals surface area (Å²) in [6.45, 7) is 5.75. The average molecular weight is 630 g/mol. The smallest absolute Gasteiger partial charge is 0.307 e. The van der Waals surface area contributed by atoms with Crippen LogP contribution < -0.4 is 10.0 Å². The number of benzene rings is 2. The van der Waals surface area contributed by atoms with Crippen LogP contribution in [0.1, 0.15) is 82.1 Å². The van der Waals surface area contributed by atoms with Crippen LogP contribution in [0.4, 0.5) is 0 Å². The molecule has 2 aliphatic rings. The highest BCUT2D eigenvalue weighted by molar-refractivity contribution is 7.98. The summed E-state index contributed by atoms with van der Waals surface area (Å²) in [5.41, 5.74) is -0.271. The molecule has 1 unspecified atom stereocenters. The van der Waals surface area contributed by atoms with Crippen LogP contribution >= 0.6 is 0 Å². The number of aromatic nitrogens is 1. The van der Waals surface area contributed by atoms with Crippen molar-refractivity contribution in [3.8, 4) is 11.3 Å². The van der Waals surface area contributed by atoms with Gasteiger partial charge in [-0.15, -0.1) is 0 Å². The number of oxazole rings is 1. The second-order valence-corrected chi connectivity index (χ2v) is 17.5. The van der Waals surface area contributed by atoms with Gasteiger partial charge in [-0.3, -0.25) is 4.79 Å². The molecule has 3 aromatic rings. The summed E-state index contributed by atoms with van der Waals surface area (Å²) < 4.78 is 46.8. The second-order valence-electron chi connectivity index (χ2n) is 13.2. The molecule has 0 bridgehead atoms. The Labute approximate surface area is 254 Å². The first-order valence-electron chi connectivity index (χ1n) is 15.0. The van der Waals surface area contributed by atoms with Gasteiger partial charge in [0.15, 0.2) is 15.6 Å². The fourth-order valence-corrected chi connectivity index (χ4v) is 9.69. The molecule has 234 valence electrons. The summed E-state index contributed by atoms with van der Waals surface area (Å²) in [4.78, 5) is 18.5. The Morgan fingerprint density at radius 2 is 1.74 bits per heavy atom. The van der Waals surface area contributed by atoms with E-state index < -0.39 is 36.6 Å². The number of sulfone groups is 1. The maximum absolute atomic E-state index is 13.8. The van der Waals surface area contributed by atoms with Crippen molar-refractivity contribution >= 4 is 42.1 Å². The summed E-state index contributed by atoms with van der Waals surface area (Å²) in [5, 5.41) is 15.2. The van der Waals surface area contributed by atoms with Gasteiger partial charge in [0.2, 0.25) is 0 Å². The van der Waals surface area contributed by atoms with Gasteiger partial charge in [-0.05, 0) is 74.7 Å². The maximum atomic E-state index is 13.8. The molecule has 1 aliphatic heterocycles. The van der Waals surface area contributed by atoms with Crippen molar-refractivity contribution in [3.63, 3.8) is 0 Å². The standard InChI is InChI=1S/C32H43N3O6S2/c1-31(2,3)35-42(4,38)27-15-14-25(23-12-8-9-13-24(23)27)28-26(20-22-10-6-5-7-11-22)34-30(41-28)29(36)33-21-32(37)16-18-43(39,40)19-17-32/h8-9,12-15,22,37H,4-7,10-11,16-21H2,1-3H3,(H,33,36)(H,35,38). The molecule has 2 heterocycles. The van der Waals surface area contributed by atoms with Crippen molar-refractivity contribution in [3.05, 3.63) is 48.0 Å². The largest absolute Gasteiger partial charge is 0.432 e. The van der Waals surface area contributed by atoms with Crippen molar-refractivity contribution in [2.24, 2.45) is 5.92 Å². The lowest BCUT2D eigenvalue weighted by Crippen LogP contribution is -2.48. The van der Waals surface area contributed by atoms with E-state index >= 15 is 0 Å². The molecule has 1 saturated carbocycles. The highest BCUT2D eigenvalue weighted by Crippen LogP contribution is 2.37. The minimum absolute atomic E-state index is 0.0667. The number of carbonyl (C=O) groups excluding carboxylic acids is 1. The molecule has 11 heteroatoms. The van der Waals surface area contributed by atoms with Crippen molar-refractivity contribution in [1.82, 2.24) is 15.0 Å². The Balaban J connectivity index is 1.50. The monoisotopic (exact) mass is 629 g/mol. The van der Waals surface area contributed by atoms with Crippen LogP contribution in [-0.2, 0) is 26.0 Å². The zero-order valence-corrected chi connectivity index (χ0v) is 26.9. The van der Waals surface area contributed by atoms with E-state index in [2.05, 4.69) is 20.9 Å². The number of amides is 1. The van der Waals surface area contributed by atoms with Crippen LogP contribution in [0, 0.1) is 5.92 Å². The quantitative estimate of drug-likeness (QED) is 0.308.